The molecule has 0 aromatic heterocycles. The molecule has 0 spiro atoms. The van der Waals surface area contributed by atoms with Gasteiger partial charge in [0.15, 0.2) is 6.10 Å². The number of hydrogen-bond acceptors (Lipinski definition) is 7. The third kappa shape index (κ3) is 36.8. The van der Waals surface area contributed by atoms with E-state index in [1.165, 1.54) is 128 Å². The van der Waals surface area contributed by atoms with Crippen LogP contribution in [0.5, 0.6) is 0 Å². The topological polar surface area (TPSA) is 108 Å². The van der Waals surface area contributed by atoms with Gasteiger partial charge in [0.1, 0.15) is 19.8 Å². The SMILES string of the molecule is CCCCCCCCCCCCCCCCCC(=O)OCC(COP(=O)(O)OCC[N+](C)(C)C)OC(=O)CCCCCCCCCCCCC. The summed E-state index contributed by atoms with van der Waals surface area (Å²) in [5.74, 6) is -0.788. The summed E-state index contributed by atoms with van der Waals surface area (Å²) >= 11 is 0. The van der Waals surface area contributed by atoms with Crippen molar-refractivity contribution in [2.24, 2.45) is 0 Å². The number of nitrogens with zero attached hydrogens (tertiary/aromatic N) is 1. The minimum Gasteiger partial charge on any atom is -0.462 e. The molecule has 0 fully saturated rings. The Morgan fingerprint density at radius 3 is 1.28 bits per heavy atom. The normalized spacial score (nSPS) is 13.6. The van der Waals surface area contributed by atoms with Crippen LogP contribution in [0, 0.1) is 0 Å². The summed E-state index contributed by atoms with van der Waals surface area (Å²) in [5.41, 5.74) is 0. The molecular weight excluding hydrogens is 653 g/mol. The summed E-state index contributed by atoms with van der Waals surface area (Å²) in [6, 6.07) is 0. The van der Waals surface area contributed by atoms with Gasteiger partial charge in [0.2, 0.25) is 0 Å². The van der Waals surface area contributed by atoms with Crippen molar-refractivity contribution in [1.82, 2.24) is 0 Å². The molecule has 0 aliphatic carbocycles. The molecule has 2 unspecified atom stereocenters. The van der Waals surface area contributed by atoms with Crippen molar-refractivity contribution in [1.29, 1.82) is 0 Å². The average molecular weight is 735 g/mol. The third-order valence-electron chi connectivity index (χ3n) is 9.14. The highest BCUT2D eigenvalue weighted by atomic mass is 31.2. The Labute approximate surface area is 308 Å². The van der Waals surface area contributed by atoms with Crippen LogP contribution in [0.25, 0.3) is 0 Å². The lowest BCUT2D eigenvalue weighted by atomic mass is 10.0. The molecule has 0 saturated heterocycles. The Balaban J connectivity index is 4.33. The maximum atomic E-state index is 12.6. The number of ether oxygens (including phenoxy) is 2. The summed E-state index contributed by atoms with van der Waals surface area (Å²) in [6.07, 6.45) is 31.4. The Bertz CT molecular complexity index is 835. The van der Waals surface area contributed by atoms with Crippen LogP contribution in [0.1, 0.15) is 194 Å². The molecule has 50 heavy (non-hydrogen) atoms. The van der Waals surface area contributed by atoms with Crippen molar-refractivity contribution in [3.8, 4) is 0 Å². The molecule has 0 aromatic carbocycles. The van der Waals surface area contributed by atoms with E-state index in [0.29, 0.717) is 23.9 Å². The Hall–Kier alpha value is -0.990. The van der Waals surface area contributed by atoms with Crippen molar-refractivity contribution < 1.29 is 42.1 Å². The largest absolute Gasteiger partial charge is 0.472 e. The molecule has 0 rings (SSSR count). The van der Waals surface area contributed by atoms with Crippen LogP contribution in [0.3, 0.4) is 0 Å². The van der Waals surface area contributed by atoms with Crippen molar-refractivity contribution in [2.75, 3.05) is 47.5 Å². The number of rotatable bonds is 38. The van der Waals surface area contributed by atoms with Crippen LogP contribution in [0.4, 0.5) is 0 Å². The zero-order chi connectivity index (χ0) is 37.2. The number of hydrogen-bond donors (Lipinski definition) is 1. The summed E-state index contributed by atoms with van der Waals surface area (Å²) in [6.45, 7) is 4.43. The van der Waals surface area contributed by atoms with E-state index in [0.717, 1.165) is 32.1 Å². The zero-order valence-electron chi connectivity index (χ0n) is 33.4. The number of phosphoric acid groups is 1. The van der Waals surface area contributed by atoms with Crippen molar-refractivity contribution >= 4 is 19.8 Å². The van der Waals surface area contributed by atoms with E-state index in [4.69, 9.17) is 18.5 Å². The Kier molecular flexibility index (Phi) is 33.2. The van der Waals surface area contributed by atoms with E-state index in [9.17, 15) is 19.0 Å². The molecule has 2 atom stereocenters. The molecule has 10 heteroatoms. The number of quaternary nitrogens is 1. The van der Waals surface area contributed by atoms with Crippen LogP contribution in [0.2, 0.25) is 0 Å². The van der Waals surface area contributed by atoms with Gasteiger partial charge in [0, 0.05) is 12.8 Å². The summed E-state index contributed by atoms with van der Waals surface area (Å²) in [4.78, 5) is 35.2. The predicted molar refractivity (Wildman–Crippen MR) is 206 cm³/mol. The predicted octanol–water partition coefficient (Wildman–Crippen LogP) is 11.2. The van der Waals surface area contributed by atoms with Crippen LogP contribution in [-0.2, 0) is 32.7 Å². The smallest absolute Gasteiger partial charge is 0.462 e. The molecule has 0 amide bonds. The lowest BCUT2D eigenvalue weighted by Crippen LogP contribution is -2.37. The van der Waals surface area contributed by atoms with Gasteiger partial charge >= 0.3 is 19.8 Å². The maximum Gasteiger partial charge on any atom is 0.472 e. The van der Waals surface area contributed by atoms with Crippen LogP contribution >= 0.6 is 7.82 Å². The first-order valence-electron chi connectivity index (χ1n) is 20.8. The van der Waals surface area contributed by atoms with Gasteiger partial charge in [-0.15, -0.1) is 0 Å². The molecule has 9 nitrogen and oxygen atoms in total. The lowest BCUT2D eigenvalue weighted by Gasteiger charge is -2.24. The number of carbonyl (C=O) groups excluding carboxylic acids is 2. The van der Waals surface area contributed by atoms with Crippen LogP contribution < -0.4 is 0 Å². The van der Waals surface area contributed by atoms with Crippen molar-refractivity contribution in [3.63, 3.8) is 0 Å². The zero-order valence-corrected chi connectivity index (χ0v) is 34.3. The standard InChI is InChI=1S/C40H80NO8P/c1-6-8-10-12-14-16-18-19-20-21-23-24-26-28-30-32-39(42)46-36-38(37-48-50(44,45)47-35-34-41(3,4)5)49-40(43)33-31-29-27-25-22-17-15-13-11-9-7-2/h38H,6-37H2,1-5H3/p+1. The number of phosphoric ester groups is 1. The fourth-order valence-electron chi connectivity index (χ4n) is 5.84. The molecule has 0 heterocycles. The number of carbonyl (C=O) groups is 2. The maximum absolute atomic E-state index is 12.6. The van der Waals surface area contributed by atoms with Gasteiger partial charge in [-0.2, -0.15) is 0 Å². The van der Waals surface area contributed by atoms with E-state index in [2.05, 4.69) is 13.8 Å². The summed E-state index contributed by atoms with van der Waals surface area (Å²) in [5, 5.41) is 0. The van der Waals surface area contributed by atoms with Gasteiger partial charge in [-0.3, -0.25) is 18.6 Å². The minimum absolute atomic E-state index is 0.0365. The van der Waals surface area contributed by atoms with Gasteiger partial charge < -0.3 is 18.9 Å². The molecule has 0 aromatic rings. The highest BCUT2D eigenvalue weighted by molar-refractivity contribution is 7.47. The number of likely N-dealkylation sites (N-methyl/N-ethyl adjacent to an activating group) is 1. The molecular formula is C40H81NO8P+. The van der Waals surface area contributed by atoms with Gasteiger partial charge in [-0.1, -0.05) is 168 Å². The fourth-order valence-corrected chi connectivity index (χ4v) is 6.58. The number of unbranched alkanes of at least 4 members (excludes halogenated alkanes) is 24. The van der Waals surface area contributed by atoms with E-state index in [-0.39, 0.29) is 25.6 Å². The highest BCUT2D eigenvalue weighted by Gasteiger charge is 2.27. The van der Waals surface area contributed by atoms with E-state index < -0.39 is 26.5 Å². The minimum atomic E-state index is -4.36. The van der Waals surface area contributed by atoms with Gasteiger partial charge in [0.25, 0.3) is 0 Å². The molecule has 0 aliphatic heterocycles. The van der Waals surface area contributed by atoms with Crippen LogP contribution in [-0.4, -0.2) is 74.9 Å². The van der Waals surface area contributed by atoms with Gasteiger partial charge in [-0.05, 0) is 12.8 Å². The Morgan fingerprint density at radius 2 is 0.900 bits per heavy atom. The molecule has 0 aliphatic rings. The van der Waals surface area contributed by atoms with Crippen molar-refractivity contribution in [3.05, 3.63) is 0 Å². The first-order valence-corrected chi connectivity index (χ1v) is 22.3. The van der Waals surface area contributed by atoms with E-state index in [1.807, 2.05) is 21.1 Å². The highest BCUT2D eigenvalue weighted by Crippen LogP contribution is 2.43. The average Bonchev–Trinajstić information content (AvgIpc) is 3.06. The molecule has 0 bridgehead atoms. The monoisotopic (exact) mass is 735 g/mol. The molecule has 1 N–H and O–H groups in total. The van der Waals surface area contributed by atoms with Crippen molar-refractivity contribution in [2.45, 2.75) is 200 Å². The second kappa shape index (κ2) is 33.8. The molecule has 0 saturated carbocycles. The third-order valence-corrected chi connectivity index (χ3v) is 10.1. The number of esters is 2. The van der Waals surface area contributed by atoms with E-state index >= 15 is 0 Å². The molecule has 0 radical (unpaired) electrons. The molecule has 298 valence electrons. The first-order chi connectivity index (χ1) is 24.0. The second-order valence-electron chi connectivity index (χ2n) is 15.4. The van der Waals surface area contributed by atoms with Gasteiger partial charge in [-0.25, -0.2) is 4.57 Å². The lowest BCUT2D eigenvalue weighted by molar-refractivity contribution is -0.870. The Morgan fingerprint density at radius 1 is 0.540 bits per heavy atom. The first kappa shape index (κ1) is 49.0. The van der Waals surface area contributed by atoms with Gasteiger partial charge in [0.05, 0.1) is 27.7 Å². The quantitative estimate of drug-likeness (QED) is 0.0289. The summed E-state index contributed by atoms with van der Waals surface area (Å²) in [7, 11) is 1.49. The second-order valence-corrected chi connectivity index (χ2v) is 16.8. The summed E-state index contributed by atoms with van der Waals surface area (Å²) < 4.78 is 34.2. The van der Waals surface area contributed by atoms with E-state index in [1.54, 1.807) is 0 Å². The fraction of sp³-hybridized carbons (Fsp3) is 0.950. The van der Waals surface area contributed by atoms with Crippen LogP contribution in [0.15, 0.2) is 0 Å².